The van der Waals surface area contributed by atoms with E-state index in [1.807, 2.05) is 30.3 Å². The van der Waals surface area contributed by atoms with Gasteiger partial charge in [0.25, 0.3) is 5.91 Å². The third-order valence-corrected chi connectivity index (χ3v) is 2.62. The Bertz CT molecular complexity index is 629. The van der Waals surface area contributed by atoms with Crippen molar-refractivity contribution in [2.45, 2.75) is 6.61 Å². The number of carboxylic acid groups (broad SMARTS) is 1. The fourth-order valence-electron chi connectivity index (χ4n) is 1.65. The van der Waals surface area contributed by atoms with Crippen LogP contribution in [0.25, 0.3) is 0 Å². The van der Waals surface area contributed by atoms with Gasteiger partial charge in [-0.15, -0.1) is 0 Å². The van der Waals surface area contributed by atoms with Gasteiger partial charge in [-0.25, -0.2) is 9.78 Å². The second kappa shape index (κ2) is 7.16. The minimum atomic E-state index is -1.08. The fourth-order valence-corrected chi connectivity index (χ4v) is 1.65. The number of aromatic carboxylic acids is 1. The van der Waals surface area contributed by atoms with Crippen molar-refractivity contribution in [2.24, 2.45) is 0 Å². The van der Waals surface area contributed by atoms with Crippen molar-refractivity contribution in [1.82, 2.24) is 4.98 Å². The molecular weight excluding hydrogens is 272 g/mol. The third-order valence-electron chi connectivity index (χ3n) is 2.62. The molecule has 1 heterocycles. The Labute approximate surface area is 121 Å². The molecule has 0 saturated heterocycles. The number of nitrogens with one attached hydrogen (secondary N) is 1. The van der Waals surface area contributed by atoms with Crippen LogP contribution in [0.3, 0.4) is 0 Å². The fraction of sp³-hybridized carbons (Fsp3) is 0.133. The summed E-state index contributed by atoms with van der Waals surface area (Å²) in [7, 11) is 0. The van der Waals surface area contributed by atoms with Crippen LogP contribution in [0.5, 0.6) is 0 Å². The van der Waals surface area contributed by atoms with Gasteiger partial charge in [-0.1, -0.05) is 30.3 Å². The second-order valence-electron chi connectivity index (χ2n) is 4.26. The zero-order chi connectivity index (χ0) is 15.1. The second-order valence-corrected chi connectivity index (χ2v) is 4.26. The standard InChI is InChI=1S/C15H14N2O4/c18-14(10-21-9-11-4-2-1-3-5-11)17-13-8-12(15(19)20)6-7-16-13/h1-8H,9-10H2,(H,19,20)(H,16,17,18). The predicted molar refractivity (Wildman–Crippen MR) is 75.9 cm³/mol. The average molecular weight is 286 g/mol. The first-order valence-electron chi connectivity index (χ1n) is 6.26. The molecule has 0 aliphatic heterocycles. The van der Waals surface area contributed by atoms with Gasteiger partial charge in [0.1, 0.15) is 12.4 Å². The van der Waals surface area contributed by atoms with Crippen LogP contribution >= 0.6 is 0 Å². The Morgan fingerprint density at radius 1 is 1.19 bits per heavy atom. The minimum Gasteiger partial charge on any atom is -0.478 e. The Morgan fingerprint density at radius 3 is 2.67 bits per heavy atom. The Kier molecular flexibility index (Phi) is 5.00. The van der Waals surface area contributed by atoms with Crippen molar-refractivity contribution in [2.75, 3.05) is 11.9 Å². The Morgan fingerprint density at radius 2 is 1.95 bits per heavy atom. The minimum absolute atomic E-state index is 0.0607. The molecule has 108 valence electrons. The highest BCUT2D eigenvalue weighted by atomic mass is 16.5. The quantitative estimate of drug-likeness (QED) is 0.847. The highest BCUT2D eigenvalue weighted by molar-refractivity contribution is 5.93. The molecule has 0 radical (unpaired) electrons. The molecule has 1 aromatic carbocycles. The van der Waals surface area contributed by atoms with Gasteiger partial charge in [0.05, 0.1) is 12.2 Å². The summed E-state index contributed by atoms with van der Waals surface area (Å²) in [5.41, 5.74) is 1.03. The number of carboxylic acids is 1. The molecule has 0 fully saturated rings. The monoisotopic (exact) mass is 286 g/mol. The molecule has 1 aromatic heterocycles. The van der Waals surface area contributed by atoms with Crippen molar-refractivity contribution in [3.63, 3.8) is 0 Å². The van der Waals surface area contributed by atoms with Gasteiger partial charge in [0.15, 0.2) is 0 Å². The number of nitrogens with zero attached hydrogens (tertiary/aromatic N) is 1. The van der Waals surface area contributed by atoms with Crippen molar-refractivity contribution in [3.8, 4) is 0 Å². The maximum Gasteiger partial charge on any atom is 0.335 e. The van der Waals surface area contributed by atoms with Gasteiger partial charge in [-0.2, -0.15) is 0 Å². The number of ether oxygens (including phenoxy) is 1. The summed E-state index contributed by atoms with van der Waals surface area (Å²) in [6, 6.07) is 12.1. The van der Waals surface area contributed by atoms with E-state index in [1.165, 1.54) is 18.3 Å². The lowest BCUT2D eigenvalue weighted by atomic mass is 10.2. The van der Waals surface area contributed by atoms with Crippen LogP contribution in [0.15, 0.2) is 48.7 Å². The number of amides is 1. The number of rotatable bonds is 6. The van der Waals surface area contributed by atoms with Crippen LogP contribution < -0.4 is 5.32 Å². The Hall–Kier alpha value is -2.73. The van der Waals surface area contributed by atoms with Gasteiger partial charge < -0.3 is 15.2 Å². The van der Waals surface area contributed by atoms with E-state index in [-0.39, 0.29) is 23.9 Å². The SMILES string of the molecule is O=C(COCc1ccccc1)Nc1cc(C(=O)O)ccn1. The van der Waals surface area contributed by atoms with Crippen molar-refractivity contribution in [3.05, 3.63) is 59.8 Å². The molecule has 6 heteroatoms. The number of hydrogen-bond acceptors (Lipinski definition) is 4. The van der Waals surface area contributed by atoms with E-state index < -0.39 is 5.97 Å². The summed E-state index contributed by atoms with van der Waals surface area (Å²) >= 11 is 0. The molecule has 0 spiro atoms. The van der Waals surface area contributed by atoms with Gasteiger partial charge in [0, 0.05) is 6.20 Å². The van der Waals surface area contributed by atoms with E-state index in [2.05, 4.69) is 10.3 Å². The highest BCUT2D eigenvalue weighted by Gasteiger charge is 2.07. The molecule has 0 bridgehead atoms. The summed E-state index contributed by atoms with van der Waals surface area (Å²) in [6.07, 6.45) is 1.32. The molecule has 0 atom stereocenters. The molecule has 0 unspecified atom stereocenters. The molecule has 1 amide bonds. The molecule has 6 nitrogen and oxygen atoms in total. The van der Waals surface area contributed by atoms with E-state index in [4.69, 9.17) is 9.84 Å². The highest BCUT2D eigenvalue weighted by Crippen LogP contribution is 2.07. The summed E-state index contributed by atoms with van der Waals surface area (Å²) in [5, 5.41) is 11.3. The predicted octanol–water partition coefficient (Wildman–Crippen LogP) is 1.94. The summed E-state index contributed by atoms with van der Waals surface area (Å²) in [5.74, 6) is -1.28. The molecule has 2 N–H and O–H groups in total. The lowest BCUT2D eigenvalue weighted by Gasteiger charge is -2.06. The normalized spacial score (nSPS) is 10.1. The summed E-state index contributed by atoms with van der Waals surface area (Å²) in [6.45, 7) is 0.199. The lowest BCUT2D eigenvalue weighted by Crippen LogP contribution is -2.19. The van der Waals surface area contributed by atoms with Gasteiger partial charge >= 0.3 is 5.97 Å². The molecule has 0 aliphatic rings. The first-order chi connectivity index (χ1) is 10.1. The number of hydrogen-bond donors (Lipinski definition) is 2. The summed E-state index contributed by atoms with van der Waals surface area (Å²) in [4.78, 5) is 26.3. The van der Waals surface area contributed by atoms with Crippen LogP contribution in [-0.4, -0.2) is 28.6 Å². The molecule has 2 rings (SSSR count). The summed E-state index contributed by atoms with van der Waals surface area (Å²) < 4.78 is 5.28. The number of carbonyl (C=O) groups is 2. The van der Waals surface area contributed by atoms with Crippen LogP contribution in [0, 0.1) is 0 Å². The molecule has 0 aliphatic carbocycles. The number of carbonyl (C=O) groups excluding carboxylic acids is 1. The molecule has 0 saturated carbocycles. The lowest BCUT2D eigenvalue weighted by molar-refractivity contribution is -0.121. The Balaban J connectivity index is 1.82. The van der Waals surface area contributed by atoms with Gasteiger partial charge in [-0.3, -0.25) is 4.79 Å². The van der Waals surface area contributed by atoms with Crippen molar-refractivity contribution in [1.29, 1.82) is 0 Å². The van der Waals surface area contributed by atoms with E-state index in [0.29, 0.717) is 6.61 Å². The first kappa shape index (κ1) is 14.7. The molecule has 2 aromatic rings. The van der Waals surface area contributed by atoms with E-state index in [1.54, 1.807) is 0 Å². The van der Waals surface area contributed by atoms with Crippen molar-refractivity contribution < 1.29 is 19.4 Å². The maximum absolute atomic E-state index is 11.7. The van der Waals surface area contributed by atoms with Crippen LogP contribution in [0.1, 0.15) is 15.9 Å². The largest absolute Gasteiger partial charge is 0.478 e. The van der Waals surface area contributed by atoms with Crippen LogP contribution in [0.4, 0.5) is 5.82 Å². The van der Waals surface area contributed by atoms with Crippen molar-refractivity contribution >= 4 is 17.7 Å². The number of benzene rings is 1. The maximum atomic E-state index is 11.7. The van der Waals surface area contributed by atoms with Gasteiger partial charge in [-0.05, 0) is 17.7 Å². The first-order valence-corrected chi connectivity index (χ1v) is 6.26. The van der Waals surface area contributed by atoms with Gasteiger partial charge in [0.2, 0.25) is 0 Å². The number of anilines is 1. The van der Waals surface area contributed by atoms with E-state index >= 15 is 0 Å². The van der Waals surface area contributed by atoms with E-state index in [0.717, 1.165) is 5.56 Å². The topological polar surface area (TPSA) is 88.5 Å². The average Bonchev–Trinajstić information content (AvgIpc) is 2.48. The van der Waals surface area contributed by atoms with E-state index in [9.17, 15) is 9.59 Å². The zero-order valence-electron chi connectivity index (χ0n) is 11.2. The van der Waals surface area contributed by atoms with Crippen LogP contribution in [0.2, 0.25) is 0 Å². The number of aromatic nitrogens is 1. The number of pyridine rings is 1. The molecule has 21 heavy (non-hydrogen) atoms. The third kappa shape index (κ3) is 4.70. The smallest absolute Gasteiger partial charge is 0.335 e. The zero-order valence-corrected chi connectivity index (χ0v) is 11.2. The van der Waals surface area contributed by atoms with Crippen LogP contribution in [-0.2, 0) is 16.1 Å². The molecular formula is C15H14N2O4.